The Morgan fingerprint density at radius 2 is 1.77 bits per heavy atom. The Balaban J connectivity index is 1.12. The maximum absolute atomic E-state index is 13.4. The molecule has 2 aromatic carbocycles. The maximum Gasteiger partial charge on any atom is 0.257 e. The highest BCUT2D eigenvalue weighted by Gasteiger charge is 2.43. The van der Waals surface area contributed by atoms with E-state index in [4.69, 9.17) is 4.74 Å². The molecular formula is C31H31N5O3. The number of hydrogen-bond donors (Lipinski definition) is 1. The number of nitrogens with zero attached hydrogens (tertiary/aromatic N) is 4. The van der Waals surface area contributed by atoms with Gasteiger partial charge < -0.3 is 19.9 Å². The molecule has 0 aliphatic carbocycles. The monoisotopic (exact) mass is 521 g/mol. The predicted molar refractivity (Wildman–Crippen MR) is 148 cm³/mol. The SMILES string of the molecule is Cc1ccc(C(=O)N2CCC3(CC2)OCc2cc(C#N)ccc23)cc1NC(=O)c1ccc(N2CCCC2)nc1. The van der Waals surface area contributed by atoms with E-state index in [1.165, 1.54) is 12.8 Å². The van der Waals surface area contributed by atoms with Gasteiger partial charge in [-0.3, -0.25) is 9.59 Å². The summed E-state index contributed by atoms with van der Waals surface area (Å²) in [7, 11) is 0. The minimum atomic E-state index is -0.398. The number of fused-ring (bicyclic) bond motifs is 2. The lowest BCUT2D eigenvalue weighted by molar-refractivity contribution is -0.0741. The van der Waals surface area contributed by atoms with E-state index in [0.717, 1.165) is 35.6 Å². The minimum absolute atomic E-state index is 0.0602. The zero-order valence-corrected chi connectivity index (χ0v) is 22.1. The van der Waals surface area contributed by atoms with Gasteiger partial charge in [0.1, 0.15) is 5.82 Å². The second kappa shape index (κ2) is 10.2. The van der Waals surface area contributed by atoms with Crippen LogP contribution in [0.5, 0.6) is 0 Å². The summed E-state index contributed by atoms with van der Waals surface area (Å²) in [6.45, 7) is 5.55. The number of nitrogens with one attached hydrogen (secondary N) is 1. The van der Waals surface area contributed by atoms with E-state index >= 15 is 0 Å². The van der Waals surface area contributed by atoms with Gasteiger partial charge in [0.05, 0.1) is 29.4 Å². The fourth-order valence-corrected chi connectivity index (χ4v) is 5.93. The van der Waals surface area contributed by atoms with Gasteiger partial charge in [0.2, 0.25) is 0 Å². The average molecular weight is 522 g/mol. The Labute approximate surface area is 228 Å². The molecule has 6 rings (SSSR count). The fraction of sp³-hybridized carbons (Fsp3) is 0.355. The molecule has 1 N–H and O–H groups in total. The number of nitriles is 1. The molecular weight excluding hydrogens is 490 g/mol. The summed E-state index contributed by atoms with van der Waals surface area (Å²) < 4.78 is 6.24. The van der Waals surface area contributed by atoms with Crippen LogP contribution < -0.4 is 10.2 Å². The van der Waals surface area contributed by atoms with E-state index in [-0.39, 0.29) is 11.8 Å². The normalized spacial score (nSPS) is 17.6. The van der Waals surface area contributed by atoms with Gasteiger partial charge in [0.25, 0.3) is 11.8 Å². The van der Waals surface area contributed by atoms with Crippen LogP contribution >= 0.6 is 0 Å². The quantitative estimate of drug-likeness (QED) is 0.531. The molecule has 3 aliphatic rings. The van der Waals surface area contributed by atoms with Crippen LogP contribution in [0.15, 0.2) is 54.7 Å². The van der Waals surface area contributed by atoms with Crippen molar-refractivity contribution >= 4 is 23.3 Å². The van der Waals surface area contributed by atoms with Gasteiger partial charge in [-0.1, -0.05) is 12.1 Å². The molecule has 0 bridgehead atoms. The number of benzene rings is 2. The summed E-state index contributed by atoms with van der Waals surface area (Å²) in [5, 5.41) is 12.2. The molecule has 198 valence electrons. The third-order valence-electron chi connectivity index (χ3n) is 8.26. The van der Waals surface area contributed by atoms with Crippen LogP contribution in [0.4, 0.5) is 11.5 Å². The van der Waals surface area contributed by atoms with Crippen LogP contribution in [-0.4, -0.2) is 47.9 Å². The summed E-state index contributed by atoms with van der Waals surface area (Å²) in [5.41, 5.74) is 4.96. The van der Waals surface area contributed by atoms with Crippen LogP contribution in [0.25, 0.3) is 0 Å². The Kier molecular flexibility index (Phi) is 6.53. The molecule has 2 amide bonds. The number of ether oxygens (including phenoxy) is 1. The van der Waals surface area contributed by atoms with E-state index in [9.17, 15) is 14.9 Å². The van der Waals surface area contributed by atoms with Gasteiger partial charge in [0.15, 0.2) is 0 Å². The molecule has 2 saturated heterocycles. The van der Waals surface area contributed by atoms with E-state index in [1.807, 2.05) is 48.2 Å². The first-order chi connectivity index (χ1) is 19.0. The van der Waals surface area contributed by atoms with Crippen molar-refractivity contribution in [2.45, 2.75) is 44.8 Å². The fourth-order valence-electron chi connectivity index (χ4n) is 5.93. The van der Waals surface area contributed by atoms with Crippen molar-refractivity contribution in [3.8, 4) is 6.07 Å². The number of piperidine rings is 1. The standard InChI is InChI=1S/C31H31N5O3/c1-21-4-6-23(17-27(21)34-29(37)24-7-9-28(33-19-24)35-12-2-3-13-35)30(38)36-14-10-31(11-15-36)26-8-5-22(18-32)16-25(26)20-39-31/h4-9,16-17,19H,2-3,10-15,20H2,1H3,(H,34,37). The number of carbonyl (C=O) groups is 2. The first kappa shape index (κ1) is 25.1. The molecule has 0 atom stereocenters. The second-order valence-electron chi connectivity index (χ2n) is 10.6. The average Bonchev–Trinajstić information content (AvgIpc) is 3.63. The lowest BCUT2D eigenvalue weighted by Gasteiger charge is -2.39. The Morgan fingerprint density at radius 1 is 1.00 bits per heavy atom. The van der Waals surface area contributed by atoms with E-state index in [0.29, 0.717) is 54.9 Å². The Hall–Kier alpha value is -4.22. The highest BCUT2D eigenvalue weighted by atomic mass is 16.5. The number of aromatic nitrogens is 1. The molecule has 3 aliphatic heterocycles. The van der Waals surface area contributed by atoms with Crippen molar-refractivity contribution in [1.82, 2.24) is 9.88 Å². The highest BCUT2D eigenvalue weighted by molar-refractivity contribution is 6.05. The van der Waals surface area contributed by atoms with Crippen LogP contribution in [-0.2, 0) is 16.9 Å². The first-order valence-electron chi connectivity index (χ1n) is 13.6. The number of amides is 2. The lowest BCUT2D eigenvalue weighted by Crippen LogP contribution is -2.45. The zero-order chi connectivity index (χ0) is 27.0. The van der Waals surface area contributed by atoms with Crippen LogP contribution in [0.1, 0.15) is 68.7 Å². The minimum Gasteiger partial charge on any atom is -0.365 e. The van der Waals surface area contributed by atoms with Gasteiger partial charge in [-0.05, 0) is 85.7 Å². The van der Waals surface area contributed by atoms with Crippen LogP contribution in [0.2, 0.25) is 0 Å². The number of rotatable bonds is 4. The zero-order valence-electron chi connectivity index (χ0n) is 22.1. The second-order valence-corrected chi connectivity index (χ2v) is 10.6. The summed E-state index contributed by atoms with van der Waals surface area (Å²) in [6.07, 6.45) is 5.35. The molecule has 2 fully saturated rings. The summed E-state index contributed by atoms with van der Waals surface area (Å²) in [5.74, 6) is 0.587. The molecule has 0 saturated carbocycles. The number of anilines is 2. The van der Waals surface area contributed by atoms with Crippen molar-refractivity contribution in [2.75, 3.05) is 36.4 Å². The molecule has 3 aromatic rings. The number of likely N-dealkylation sites (tertiary alicyclic amines) is 1. The number of aryl methyl sites for hydroxylation is 1. The molecule has 8 nitrogen and oxygen atoms in total. The topological polar surface area (TPSA) is 98.6 Å². The summed E-state index contributed by atoms with van der Waals surface area (Å²) >= 11 is 0. The maximum atomic E-state index is 13.4. The van der Waals surface area contributed by atoms with Crippen molar-refractivity contribution in [3.63, 3.8) is 0 Å². The highest BCUT2D eigenvalue weighted by Crippen LogP contribution is 2.44. The summed E-state index contributed by atoms with van der Waals surface area (Å²) in [4.78, 5) is 35.0. The Bertz CT molecular complexity index is 1460. The van der Waals surface area contributed by atoms with Gasteiger partial charge in [-0.15, -0.1) is 0 Å². The van der Waals surface area contributed by atoms with Gasteiger partial charge in [-0.2, -0.15) is 5.26 Å². The van der Waals surface area contributed by atoms with Crippen molar-refractivity contribution in [3.05, 3.63) is 88.1 Å². The third kappa shape index (κ3) is 4.75. The molecule has 1 spiro atoms. The number of pyridine rings is 1. The van der Waals surface area contributed by atoms with E-state index < -0.39 is 5.60 Å². The van der Waals surface area contributed by atoms with Gasteiger partial charge >= 0.3 is 0 Å². The molecule has 8 heteroatoms. The molecule has 4 heterocycles. The van der Waals surface area contributed by atoms with Gasteiger partial charge in [-0.25, -0.2) is 4.98 Å². The number of hydrogen-bond acceptors (Lipinski definition) is 6. The molecule has 0 unspecified atom stereocenters. The predicted octanol–water partition coefficient (Wildman–Crippen LogP) is 4.78. The molecule has 1 aromatic heterocycles. The smallest absolute Gasteiger partial charge is 0.257 e. The van der Waals surface area contributed by atoms with Crippen LogP contribution in [0, 0.1) is 18.3 Å². The van der Waals surface area contributed by atoms with E-state index in [2.05, 4.69) is 21.3 Å². The third-order valence-corrected chi connectivity index (χ3v) is 8.26. The van der Waals surface area contributed by atoms with Crippen molar-refractivity contribution in [2.24, 2.45) is 0 Å². The van der Waals surface area contributed by atoms with Crippen molar-refractivity contribution < 1.29 is 14.3 Å². The largest absolute Gasteiger partial charge is 0.365 e. The molecule has 0 radical (unpaired) electrons. The first-order valence-corrected chi connectivity index (χ1v) is 13.6. The van der Waals surface area contributed by atoms with Gasteiger partial charge in [0, 0.05) is 43.6 Å². The van der Waals surface area contributed by atoms with E-state index in [1.54, 1.807) is 18.3 Å². The van der Waals surface area contributed by atoms with Crippen LogP contribution in [0.3, 0.4) is 0 Å². The molecule has 39 heavy (non-hydrogen) atoms. The Morgan fingerprint density at radius 3 is 2.49 bits per heavy atom. The number of carbonyl (C=O) groups excluding carboxylic acids is 2. The summed E-state index contributed by atoms with van der Waals surface area (Å²) in [6, 6.07) is 17.1. The lowest BCUT2D eigenvalue weighted by atomic mass is 9.83. The van der Waals surface area contributed by atoms with Crippen molar-refractivity contribution in [1.29, 1.82) is 5.26 Å².